The summed E-state index contributed by atoms with van der Waals surface area (Å²) in [5.74, 6) is 0. The Morgan fingerprint density at radius 1 is 1.44 bits per heavy atom. The van der Waals surface area contributed by atoms with Gasteiger partial charge in [0.25, 0.3) is 5.56 Å². The predicted octanol–water partition coefficient (Wildman–Crippen LogP) is 1.51. The molecule has 8 nitrogen and oxygen atoms in total. The molecule has 4 rings (SSSR count). The minimum atomic E-state index is -0.0778. The zero-order chi connectivity index (χ0) is 19.0. The van der Waals surface area contributed by atoms with Gasteiger partial charge in [-0.2, -0.15) is 10.4 Å². The summed E-state index contributed by atoms with van der Waals surface area (Å²) in [5, 5.41) is 17.5. The van der Waals surface area contributed by atoms with Crippen LogP contribution in [0, 0.1) is 11.3 Å². The molecule has 0 radical (unpaired) electrons. The number of aryl methyl sites for hydroxylation is 1. The van der Waals surface area contributed by atoms with Crippen molar-refractivity contribution in [2.75, 3.05) is 24.6 Å². The Morgan fingerprint density at radius 3 is 3.04 bits per heavy atom. The van der Waals surface area contributed by atoms with Gasteiger partial charge in [0.2, 0.25) is 0 Å². The summed E-state index contributed by atoms with van der Waals surface area (Å²) >= 11 is 0. The number of fused-ring (bicyclic) bond motifs is 1. The SMILES string of the molecule is C[C@@H]1CN(c2cc(=O)n(C)c3cn(C4CCCCO4)nc23)[C@@H](CC#N)CN1. The summed E-state index contributed by atoms with van der Waals surface area (Å²) in [6, 6.07) is 4.23. The number of nitriles is 1. The van der Waals surface area contributed by atoms with Gasteiger partial charge >= 0.3 is 0 Å². The zero-order valence-corrected chi connectivity index (χ0v) is 15.9. The van der Waals surface area contributed by atoms with E-state index < -0.39 is 0 Å². The standard InChI is InChI=1S/C19H26N6O2/c1-13-11-24(14(6-7-20)10-21-13)15-9-17(26)23(2)16-12-25(22-19(15)16)18-5-3-4-8-27-18/h9,12-14,18,21H,3-6,8,10-11H2,1-2H3/t13-,14+,18?/m1/s1. The minimum Gasteiger partial charge on any atom is -0.363 e. The third-order valence-electron chi connectivity index (χ3n) is 5.61. The third-order valence-corrected chi connectivity index (χ3v) is 5.61. The molecule has 3 atom stereocenters. The van der Waals surface area contributed by atoms with Crippen LogP contribution in [0.5, 0.6) is 0 Å². The number of hydrogen-bond acceptors (Lipinski definition) is 6. The number of hydrogen-bond donors (Lipinski definition) is 1. The topological polar surface area (TPSA) is 88.1 Å². The maximum Gasteiger partial charge on any atom is 0.252 e. The third kappa shape index (κ3) is 3.33. The van der Waals surface area contributed by atoms with E-state index in [0.29, 0.717) is 6.42 Å². The van der Waals surface area contributed by atoms with Crippen LogP contribution in [0.2, 0.25) is 0 Å². The van der Waals surface area contributed by atoms with Crippen molar-refractivity contribution < 1.29 is 4.74 Å². The van der Waals surface area contributed by atoms with Gasteiger partial charge in [0.05, 0.1) is 35.9 Å². The number of nitrogens with zero attached hydrogens (tertiary/aromatic N) is 5. The Labute approximate surface area is 158 Å². The predicted molar refractivity (Wildman–Crippen MR) is 103 cm³/mol. The fraction of sp³-hybridized carbons (Fsp3) is 0.632. The number of aromatic nitrogens is 3. The molecule has 0 amide bonds. The first kappa shape index (κ1) is 18.0. The quantitative estimate of drug-likeness (QED) is 0.881. The number of ether oxygens (including phenoxy) is 1. The summed E-state index contributed by atoms with van der Waals surface area (Å²) in [6.45, 7) is 4.31. The van der Waals surface area contributed by atoms with E-state index in [1.807, 2.05) is 10.9 Å². The van der Waals surface area contributed by atoms with Gasteiger partial charge in [-0.1, -0.05) is 0 Å². The van der Waals surface area contributed by atoms with Crippen molar-refractivity contribution in [3.05, 3.63) is 22.6 Å². The molecular formula is C19H26N6O2. The number of anilines is 1. The molecule has 0 aliphatic carbocycles. The molecule has 27 heavy (non-hydrogen) atoms. The summed E-state index contributed by atoms with van der Waals surface area (Å²) in [4.78, 5) is 14.8. The maximum absolute atomic E-state index is 12.6. The Hall–Kier alpha value is -2.37. The average molecular weight is 370 g/mol. The smallest absolute Gasteiger partial charge is 0.252 e. The van der Waals surface area contributed by atoms with Crippen LogP contribution in [-0.4, -0.2) is 46.1 Å². The molecule has 1 unspecified atom stereocenters. The molecule has 0 aromatic carbocycles. The highest BCUT2D eigenvalue weighted by atomic mass is 16.5. The van der Waals surface area contributed by atoms with Gasteiger partial charge < -0.3 is 19.5 Å². The number of piperazine rings is 1. The lowest BCUT2D eigenvalue weighted by molar-refractivity contribution is -0.0390. The van der Waals surface area contributed by atoms with Crippen molar-refractivity contribution >= 4 is 16.7 Å². The van der Waals surface area contributed by atoms with Crippen LogP contribution in [0.4, 0.5) is 5.69 Å². The van der Waals surface area contributed by atoms with Crippen LogP contribution in [0.25, 0.3) is 11.0 Å². The molecule has 2 saturated heterocycles. The fourth-order valence-electron chi connectivity index (χ4n) is 4.05. The number of pyridine rings is 1. The van der Waals surface area contributed by atoms with Crippen molar-refractivity contribution in [1.29, 1.82) is 5.26 Å². The van der Waals surface area contributed by atoms with E-state index >= 15 is 0 Å². The molecule has 144 valence electrons. The van der Waals surface area contributed by atoms with Crippen LogP contribution in [0.3, 0.4) is 0 Å². The van der Waals surface area contributed by atoms with Gasteiger partial charge in [-0.25, -0.2) is 4.68 Å². The Bertz CT molecular complexity index is 921. The summed E-state index contributed by atoms with van der Waals surface area (Å²) < 4.78 is 9.37. The molecule has 4 heterocycles. The van der Waals surface area contributed by atoms with Crippen molar-refractivity contribution in [3.63, 3.8) is 0 Å². The first-order valence-electron chi connectivity index (χ1n) is 9.66. The molecule has 0 saturated carbocycles. The van der Waals surface area contributed by atoms with E-state index in [1.54, 1.807) is 17.7 Å². The first-order chi connectivity index (χ1) is 13.1. The van der Waals surface area contributed by atoms with E-state index in [9.17, 15) is 10.1 Å². The van der Waals surface area contributed by atoms with E-state index in [2.05, 4.69) is 23.2 Å². The Morgan fingerprint density at radius 2 is 2.30 bits per heavy atom. The highest BCUT2D eigenvalue weighted by Crippen LogP contribution is 2.30. The minimum absolute atomic E-state index is 0.0255. The summed E-state index contributed by atoms with van der Waals surface area (Å²) in [6.07, 6.45) is 5.37. The normalized spacial score (nSPS) is 26.3. The molecular weight excluding hydrogens is 344 g/mol. The second-order valence-electron chi connectivity index (χ2n) is 7.57. The molecule has 2 aromatic rings. The van der Waals surface area contributed by atoms with Gasteiger partial charge in [0, 0.05) is 38.9 Å². The van der Waals surface area contributed by atoms with Crippen molar-refractivity contribution in [3.8, 4) is 6.07 Å². The summed E-state index contributed by atoms with van der Waals surface area (Å²) in [5.41, 5.74) is 2.34. The van der Waals surface area contributed by atoms with Crippen LogP contribution in [-0.2, 0) is 11.8 Å². The molecule has 2 fully saturated rings. The number of nitrogens with one attached hydrogen (secondary N) is 1. The molecule has 2 aromatic heterocycles. The molecule has 0 spiro atoms. The second-order valence-corrected chi connectivity index (χ2v) is 7.57. The average Bonchev–Trinajstić information content (AvgIpc) is 3.13. The van der Waals surface area contributed by atoms with Crippen molar-refractivity contribution in [2.24, 2.45) is 7.05 Å². The molecule has 2 aliphatic rings. The van der Waals surface area contributed by atoms with Gasteiger partial charge in [-0.05, 0) is 26.2 Å². The van der Waals surface area contributed by atoms with Crippen LogP contribution < -0.4 is 15.8 Å². The summed E-state index contributed by atoms with van der Waals surface area (Å²) in [7, 11) is 1.77. The largest absolute Gasteiger partial charge is 0.363 e. The molecule has 0 bridgehead atoms. The Balaban J connectivity index is 1.81. The maximum atomic E-state index is 12.6. The lowest BCUT2D eigenvalue weighted by Gasteiger charge is -2.40. The Kier molecular flexibility index (Phi) is 4.89. The van der Waals surface area contributed by atoms with Crippen LogP contribution in [0.1, 0.15) is 38.8 Å². The zero-order valence-electron chi connectivity index (χ0n) is 15.9. The highest BCUT2D eigenvalue weighted by molar-refractivity contribution is 5.88. The van der Waals surface area contributed by atoms with Crippen LogP contribution in [0.15, 0.2) is 17.1 Å². The fourth-order valence-corrected chi connectivity index (χ4v) is 4.05. The lowest BCUT2D eigenvalue weighted by Crippen LogP contribution is -2.55. The van der Waals surface area contributed by atoms with E-state index in [0.717, 1.165) is 55.7 Å². The molecule has 2 aliphatic heterocycles. The van der Waals surface area contributed by atoms with Gasteiger partial charge in [0.15, 0.2) is 0 Å². The lowest BCUT2D eigenvalue weighted by atomic mass is 10.1. The second kappa shape index (κ2) is 7.33. The molecule has 8 heteroatoms. The van der Waals surface area contributed by atoms with Crippen LogP contribution >= 0.6 is 0 Å². The first-order valence-corrected chi connectivity index (χ1v) is 9.66. The van der Waals surface area contributed by atoms with Gasteiger partial charge in [0.1, 0.15) is 11.7 Å². The monoisotopic (exact) mass is 370 g/mol. The molecule has 1 N–H and O–H groups in total. The van der Waals surface area contributed by atoms with E-state index in [4.69, 9.17) is 9.84 Å². The van der Waals surface area contributed by atoms with Gasteiger partial charge in [-0.3, -0.25) is 4.79 Å². The van der Waals surface area contributed by atoms with Crippen molar-refractivity contribution in [1.82, 2.24) is 19.7 Å². The number of rotatable bonds is 3. The highest BCUT2D eigenvalue weighted by Gasteiger charge is 2.29. The van der Waals surface area contributed by atoms with E-state index in [1.165, 1.54) is 0 Å². The van der Waals surface area contributed by atoms with Gasteiger partial charge in [-0.15, -0.1) is 0 Å². The van der Waals surface area contributed by atoms with E-state index in [-0.39, 0.29) is 23.9 Å². The van der Waals surface area contributed by atoms with Crippen molar-refractivity contribution in [2.45, 2.75) is 50.9 Å².